The SMILES string of the molecule is CCCCCCCCCCCC[N+](CC)(CC(C)C)Oc1ccccc1. The third kappa shape index (κ3) is 10.2. The lowest BCUT2D eigenvalue weighted by Crippen LogP contribution is -2.53. The Labute approximate surface area is 163 Å². The Morgan fingerprint density at radius 2 is 1.31 bits per heavy atom. The molecule has 2 heteroatoms. The van der Waals surface area contributed by atoms with Gasteiger partial charge in [-0.15, -0.1) is 4.65 Å². The minimum Gasteiger partial charge on any atom is -0.315 e. The van der Waals surface area contributed by atoms with E-state index in [1.807, 2.05) is 0 Å². The number of para-hydroxylation sites is 1. The van der Waals surface area contributed by atoms with Crippen molar-refractivity contribution in [2.24, 2.45) is 5.92 Å². The van der Waals surface area contributed by atoms with E-state index in [0.29, 0.717) is 5.92 Å². The number of hydroxylamine groups is 3. The molecule has 1 atom stereocenters. The molecule has 2 nitrogen and oxygen atoms in total. The Morgan fingerprint density at radius 3 is 1.81 bits per heavy atom. The standard InChI is InChI=1S/C24H44NO/c1-5-7-8-9-10-11-12-13-14-18-21-25(6-2,22-23(3)4)26-24-19-16-15-17-20-24/h15-17,19-20,23H,5-14,18,21-22H2,1-4H3/q+1. The van der Waals surface area contributed by atoms with Crippen molar-refractivity contribution in [3.8, 4) is 5.75 Å². The summed E-state index contributed by atoms with van der Waals surface area (Å²) in [7, 11) is 0. The molecule has 0 saturated heterocycles. The highest BCUT2D eigenvalue weighted by Crippen LogP contribution is 2.21. The van der Waals surface area contributed by atoms with Crippen LogP contribution in [0, 0.1) is 5.92 Å². The molecule has 0 aliphatic heterocycles. The van der Waals surface area contributed by atoms with Crippen molar-refractivity contribution >= 4 is 0 Å². The number of unbranched alkanes of at least 4 members (excludes halogenated alkanes) is 9. The van der Waals surface area contributed by atoms with E-state index in [1.165, 1.54) is 64.2 Å². The molecule has 0 amide bonds. The largest absolute Gasteiger partial charge is 0.315 e. The zero-order chi connectivity index (χ0) is 19.1. The van der Waals surface area contributed by atoms with Crippen LogP contribution in [0.15, 0.2) is 30.3 Å². The summed E-state index contributed by atoms with van der Waals surface area (Å²) >= 11 is 0. The van der Waals surface area contributed by atoms with Gasteiger partial charge in [-0.05, 0) is 25.5 Å². The maximum atomic E-state index is 6.48. The minimum atomic E-state index is 0.641. The summed E-state index contributed by atoms with van der Waals surface area (Å²) < 4.78 is 0.763. The van der Waals surface area contributed by atoms with Gasteiger partial charge in [-0.1, -0.05) is 90.3 Å². The van der Waals surface area contributed by atoms with E-state index in [1.54, 1.807) is 0 Å². The zero-order valence-electron chi connectivity index (χ0n) is 18.0. The molecule has 26 heavy (non-hydrogen) atoms. The van der Waals surface area contributed by atoms with Gasteiger partial charge in [0.1, 0.15) is 19.6 Å². The molecule has 0 spiro atoms. The van der Waals surface area contributed by atoms with Crippen LogP contribution in [-0.2, 0) is 0 Å². The van der Waals surface area contributed by atoms with Gasteiger partial charge >= 0.3 is 0 Å². The van der Waals surface area contributed by atoms with Gasteiger partial charge < -0.3 is 4.84 Å². The van der Waals surface area contributed by atoms with E-state index in [2.05, 4.69) is 58.0 Å². The number of hydrogen-bond acceptors (Lipinski definition) is 1. The second kappa shape index (κ2) is 14.1. The van der Waals surface area contributed by atoms with Gasteiger partial charge in [0.25, 0.3) is 0 Å². The van der Waals surface area contributed by atoms with Crippen LogP contribution in [0.5, 0.6) is 5.75 Å². The first-order chi connectivity index (χ1) is 12.6. The normalized spacial score (nSPS) is 13.7. The lowest BCUT2D eigenvalue weighted by atomic mass is 10.1. The lowest BCUT2D eigenvalue weighted by Gasteiger charge is -2.36. The Kier molecular flexibility index (Phi) is 12.5. The molecule has 1 unspecified atom stereocenters. The highest BCUT2D eigenvalue weighted by atomic mass is 16.7. The van der Waals surface area contributed by atoms with Crippen LogP contribution in [0.3, 0.4) is 0 Å². The van der Waals surface area contributed by atoms with E-state index in [-0.39, 0.29) is 0 Å². The minimum absolute atomic E-state index is 0.641. The lowest BCUT2D eigenvalue weighted by molar-refractivity contribution is -1.08. The molecule has 0 heterocycles. The van der Waals surface area contributed by atoms with Crippen LogP contribution in [-0.4, -0.2) is 24.3 Å². The highest BCUT2D eigenvalue weighted by Gasteiger charge is 2.29. The van der Waals surface area contributed by atoms with Gasteiger partial charge in [0.05, 0.1) is 0 Å². The van der Waals surface area contributed by atoms with Gasteiger partial charge in [-0.3, -0.25) is 0 Å². The van der Waals surface area contributed by atoms with Gasteiger partial charge in [0.2, 0.25) is 0 Å². The maximum absolute atomic E-state index is 6.48. The van der Waals surface area contributed by atoms with Crippen LogP contribution in [0.2, 0.25) is 0 Å². The smallest absolute Gasteiger partial charge is 0.190 e. The third-order valence-electron chi connectivity index (χ3n) is 5.24. The van der Waals surface area contributed by atoms with Crippen molar-refractivity contribution in [1.82, 2.24) is 0 Å². The van der Waals surface area contributed by atoms with Crippen molar-refractivity contribution in [3.63, 3.8) is 0 Å². The predicted molar refractivity (Wildman–Crippen MR) is 114 cm³/mol. The van der Waals surface area contributed by atoms with Crippen LogP contribution >= 0.6 is 0 Å². The van der Waals surface area contributed by atoms with Gasteiger partial charge in [-0.25, -0.2) is 0 Å². The van der Waals surface area contributed by atoms with Crippen molar-refractivity contribution < 1.29 is 9.48 Å². The molecule has 0 radical (unpaired) electrons. The van der Waals surface area contributed by atoms with E-state index in [4.69, 9.17) is 4.84 Å². The average molecular weight is 363 g/mol. The van der Waals surface area contributed by atoms with Gasteiger partial charge in [0, 0.05) is 12.3 Å². The summed E-state index contributed by atoms with van der Waals surface area (Å²) in [6.45, 7) is 12.4. The molecule has 0 aliphatic rings. The first kappa shape index (κ1) is 23.0. The number of rotatable bonds is 16. The van der Waals surface area contributed by atoms with E-state index in [9.17, 15) is 0 Å². The molecule has 150 valence electrons. The van der Waals surface area contributed by atoms with Crippen molar-refractivity contribution in [3.05, 3.63) is 30.3 Å². The van der Waals surface area contributed by atoms with Crippen LogP contribution < -0.4 is 4.84 Å². The molecule has 1 rings (SSSR count). The predicted octanol–water partition coefficient (Wildman–Crippen LogP) is 7.39. The second-order valence-corrected chi connectivity index (χ2v) is 8.26. The molecule has 0 aromatic heterocycles. The van der Waals surface area contributed by atoms with E-state index in [0.717, 1.165) is 30.0 Å². The van der Waals surface area contributed by atoms with Crippen LogP contribution in [0.25, 0.3) is 0 Å². The summed E-state index contributed by atoms with van der Waals surface area (Å²) in [6.07, 6.45) is 13.9. The first-order valence-electron chi connectivity index (χ1n) is 11.2. The highest BCUT2D eigenvalue weighted by molar-refractivity contribution is 5.20. The first-order valence-corrected chi connectivity index (χ1v) is 11.2. The third-order valence-corrected chi connectivity index (χ3v) is 5.24. The number of hydrogen-bond donors (Lipinski definition) is 0. The summed E-state index contributed by atoms with van der Waals surface area (Å²) in [4.78, 5) is 6.48. The Bertz CT molecular complexity index is 431. The fraction of sp³-hybridized carbons (Fsp3) is 0.750. The fourth-order valence-electron chi connectivity index (χ4n) is 3.78. The number of benzene rings is 1. The summed E-state index contributed by atoms with van der Waals surface area (Å²) in [6, 6.07) is 10.4. The molecule has 0 aliphatic carbocycles. The van der Waals surface area contributed by atoms with Crippen molar-refractivity contribution in [2.75, 3.05) is 19.6 Å². The second-order valence-electron chi connectivity index (χ2n) is 8.26. The molecule has 0 saturated carbocycles. The molecule has 1 aromatic rings. The molecule has 0 bridgehead atoms. The number of quaternary nitrogens is 1. The Hall–Kier alpha value is -1.02. The summed E-state index contributed by atoms with van der Waals surface area (Å²) in [5, 5.41) is 0. The maximum Gasteiger partial charge on any atom is 0.190 e. The molecular formula is C24H44NO+. The average Bonchev–Trinajstić information content (AvgIpc) is 2.63. The topological polar surface area (TPSA) is 9.23 Å². The Balaban J connectivity index is 2.32. The Morgan fingerprint density at radius 1 is 0.769 bits per heavy atom. The summed E-state index contributed by atoms with van der Waals surface area (Å²) in [5.74, 6) is 1.64. The van der Waals surface area contributed by atoms with Gasteiger partial charge in [-0.2, -0.15) is 0 Å². The monoisotopic (exact) mass is 362 g/mol. The van der Waals surface area contributed by atoms with Crippen LogP contribution in [0.1, 0.15) is 91.9 Å². The van der Waals surface area contributed by atoms with Gasteiger partial charge in [0.15, 0.2) is 5.75 Å². The van der Waals surface area contributed by atoms with E-state index >= 15 is 0 Å². The number of nitrogens with zero attached hydrogens (tertiary/aromatic N) is 1. The molecule has 1 aromatic carbocycles. The van der Waals surface area contributed by atoms with Crippen LogP contribution in [0.4, 0.5) is 0 Å². The molecular weight excluding hydrogens is 318 g/mol. The quantitative estimate of drug-likeness (QED) is 0.169. The zero-order valence-corrected chi connectivity index (χ0v) is 18.0. The van der Waals surface area contributed by atoms with Crippen molar-refractivity contribution in [2.45, 2.75) is 91.9 Å². The molecule has 0 fully saturated rings. The summed E-state index contributed by atoms with van der Waals surface area (Å²) in [5.41, 5.74) is 0. The molecule has 0 N–H and O–H groups in total. The van der Waals surface area contributed by atoms with E-state index < -0.39 is 0 Å². The fourth-order valence-corrected chi connectivity index (χ4v) is 3.78. The van der Waals surface area contributed by atoms with Crippen molar-refractivity contribution in [1.29, 1.82) is 0 Å².